The number of fused-ring (bicyclic) bond motifs is 1. The maximum atomic E-state index is 13.5. The molecule has 6 nitrogen and oxygen atoms in total. The number of carbonyl (C=O) groups excluding carboxylic acids is 1. The normalized spacial score (nSPS) is 16.0. The van der Waals surface area contributed by atoms with Gasteiger partial charge in [-0.3, -0.25) is 9.59 Å². The number of aromatic nitrogens is 2. The Morgan fingerprint density at radius 3 is 2.77 bits per heavy atom. The Hall–Kier alpha value is -3.45. The van der Waals surface area contributed by atoms with E-state index in [1.165, 1.54) is 22.5 Å². The number of thiophene rings is 1. The highest BCUT2D eigenvalue weighted by Gasteiger charge is 2.29. The van der Waals surface area contributed by atoms with Crippen molar-refractivity contribution in [3.8, 4) is 5.69 Å². The first-order valence-electron chi connectivity index (χ1n) is 12.1. The Kier molecular flexibility index (Phi) is 6.43. The minimum absolute atomic E-state index is 0.0500. The lowest BCUT2D eigenvalue weighted by molar-refractivity contribution is -0.125. The average Bonchev–Trinajstić information content (AvgIpc) is 3.34. The molecule has 1 saturated heterocycles. The summed E-state index contributed by atoms with van der Waals surface area (Å²) in [4.78, 5) is 33.6. The summed E-state index contributed by atoms with van der Waals surface area (Å²) in [5.41, 5.74) is 6.10. The summed E-state index contributed by atoms with van der Waals surface area (Å²) in [7, 11) is 0. The second-order valence-corrected chi connectivity index (χ2v) is 10.4. The van der Waals surface area contributed by atoms with Crippen molar-refractivity contribution < 1.29 is 4.79 Å². The number of aryl methyl sites for hydroxylation is 3. The van der Waals surface area contributed by atoms with Gasteiger partial charge in [-0.1, -0.05) is 30.3 Å². The van der Waals surface area contributed by atoms with Crippen LogP contribution in [-0.2, 0) is 11.3 Å². The molecule has 1 atom stereocenters. The van der Waals surface area contributed by atoms with Gasteiger partial charge in [0, 0.05) is 19.6 Å². The number of benzene rings is 2. The maximum absolute atomic E-state index is 13.5. The largest absolute Gasteiger partial charge is 0.352 e. The highest BCUT2D eigenvalue weighted by atomic mass is 32.1. The third-order valence-electron chi connectivity index (χ3n) is 6.84. The molecule has 0 saturated carbocycles. The van der Waals surface area contributed by atoms with E-state index in [0.29, 0.717) is 29.3 Å². The molecule has 1 amide bonds. The zero-order valence-corrected chi connectivity index (χ0v) is 21.2. The van der Waals surface area contributed by atoms with Crippen LogP contribution in [0.3, 0.4) is 0 Å². The van der Waals surface area contributed by atoms with Crippen LogP contribution in [0.5, 0.6) is 0 Å². The van der Waals surface area contributed by atoms with Gasteiger partial charge in [0.05, 0.1) is 17.1 Å². The van der Waals surface area contributed by atoms with Gasteiger partial charge in [-0.25, -0.2) is 9.55 Å². The van der Waals surface area contributed by atoms with E-state index in [9.17, 15) is 9.59 Å². The van der Waals surface area contributed by atoms with Crippen molar-refractivity contribution in [3.05, 3.63) is 86.5 Å². The number of nitrogens with zero attached hydrogens (tertiary/aromatic N) is 3. The van der Waals surface area contributed by atoms with Gasteiger partial charge in [-0.05, 0) is 79.4 Å². The van der Waals surface area contributed by atoms with E-state index in [1.807, 2.05) is 42.6 Å². The SMILES string of the molecule is Cc1cccc(-n2c(N3CCC[C@@H](C(=O)NCc4ccc(C)c(C)c4)C3)nc3ccsc3c2=O)c1. The average molecular weight is 487 g/mol. The molecule has 5 rings (SSSR count). The standard InChI is InChI=1S/C28H30N4O2S/c1-18-6-4-8-23(14-18)32-27(34)25-24(11-13-35-25)30-28(32)31-12-5-7-22(17-31)26(33)29-16-21-10-9-19(2)20(3)15-21/h4,6,8-11,13-15,22H,5,7,12,16-17H2,1-3H3,(H,29,33)/t22-/m1/s1. The first-order chi connectivity index (χ1) is 16.9. The Bertz CT molecular complexity index is 1460. The van der Waals surface area contributed by atoms with Crippen molar-refractivity contribution in [1.29, 1.82) is 0 Å². The molecule has 0 spiro atoms. The summed E-state index contributed by atoms with van der Waals surface area (Å²) >= 11 is 1.42. The van der Waals surface area contributed by atoms with Gasteiger partial charge >= 0.3 is 0 Å². The highest BCUT2D eigenvalue weighted by molar-refractivity contribution is 7.17. The number of carbonyl (C=O) groups is 1. The third-order valence-corrected chi connectivity index (χ3v) is 7.73. The second kappa shape index (κ2) is 9.66. The lowest BCUT2D eigenvalue weighted by Crippen LogP contribution is -2.45. The summed E-state index contributed by atoms with van der Waals surface area (Å²) < 4.78 is 2.36. The van der Waals surface area contributed by atoms with Crippen molar-refractivity contribution in [1.82, 2.24) is 14.9 Å². The molecule has 0 unspecified atom stereocenters. The van der Waals surface area contributed by atoms with E-state index in [1.54, 1.807) is 4.57 Å². The van der Waals surface area contributed by atoms with Crippen LogP contribution in [0.25, 0.3) is 15.9 Å². The lowest BCUT2D eigenvalue weighted by Gasteiger charge is -2.34. The summed E-state index contributed by atoms with van der Waals surface area (Å²) in [5.74, 6) is 0.503. The Morgan fingerprint density at radius 2 is 1.97 bits per heavy atom. The van der Waals surface area contributed by atoms with Gasteiger partial charge in [0.1, 0.15) is 4.70 Å². The van der Waals surface area contributed by atoms with E-state index in [-0.39, 0.29) is 17.4 Å². The van der Waals surface area contributed by atoms with E-state index in [2.05, 4.69) is 42.3 Å². The fourth-order valence-corrected chi connectivity index (χ4v) is 5.49. The quantitative estimate of drug-likeness (QED) is 0.436. The number of amides is 1. The van der Waals surface area contributed by atoms with Crippen LogP contribution in [0.2, 0.25) is 0 Å². The van der Waals surface area contributed by atoms with Gasteiger partial charge in [-0.2, -0.15) is 0 Å². The topological polar surface area (TPSA) is 67.2 Å². The van der Waals surface area contributed by atoms with Gasteiger partial charge in [0.15, 0.2) is 0 Å². The molecule has 1 aliphatic rings. The van der Waals surface area contributed by atoms with Crippen LogP contribution in [0.4, 0.5) is 5.95 Å². The van der Waals surface area contributed by atoms with Gasteiger partial charge in [-0.15, -0.1) is 11.3 Å². The fraction of sp³-hybridized carbons (Fsp3) is 0.321. The van der Waals surface area contributed by atoms with E-state index >= 15 is 0 Å². The van der Waals surface area contributed by atoms with Gasteiger partial charge < -0.3 is 10.2 Å². The molecule has 1 N–H and O–H groups in total. The number of rotatable bonds is 5. The van der Waals surface area contributed by atoms with Crippen LogP contribution >= 0.6 is 11.3 Å². The first kappa shape index (κ1) is 23.3. The molecular formula is C28H30N4O2S. The predicted octanol–water partition coefficient (Wildman–Crippen LogP) is 4.91. The van der Waals surface area contributed by atoms with E-state index in [4.69, 9.17) is 4.98 Å². The molecule has 0 radical (unpaired) electrons. The summed E-state index contributed by atoms with van der Waals surface area (Å²) in [5, 5.41) is 5.03. The molecule has 35 heavy (non-hydrogen) atoms. The van der Waals surface area contributed by atoms with Gasteiger partial charge in [0.25, 0.3) is 5.56 Å². The molecule has 4 aromatic rings. The number of hydrogen-bond acceptors (Lipinski definition) is 5. The van der Waals surface area contributed by atoms with Crippen LogP contribution in [0.15, 0.2) is 58.7 Å². The molecule has 180 valence electrons. The Morgan fingerprint density at radius 1 is 1.11 bits per heavy atom. The predicted molar refractivity (Wildman–Crippen MR) is 143 cm³/mol. The maximum Gasteiger partial charge on any atom is 0.277 e. The fourth-order valence-electron chi connectivity index (χ4n) is 4.73. The smallest absolute Gasteiger partial charge is 0.277 e. The molecule has 3 heterocycles. The lowest BCUT2D eigenvalue weighted by atomic mass is 9.97. The molecule has 1 aliphatic heterocycles. The van der Waals surface area contributed by atoms with Crippen LogP contribution in [0, 0.1) is 26.7 Å². The number of anilines is 1. The second-order valence-electron chi connectivity index (χ2n) is 9.45. The summed E-state index contributed by atoms with van der Waals surface area (Å²) in [6.07, 6.45) is 1.69. The van der Waals surface area contributed by atoms with Crippen LogP contribution < -0.4 is 15.8 Å². The van der Waals surface area contributed by atoms with E-state index in [0.717, 1.165) is 36.2 Å². The number of nitrogens with one attached hydrogen (secondary N) is 1. The molecule has 0 aliphatic carbocycles. The Labute approximate surface area is 209 Å². The zero-order chi connectivity index (χ0) is 24.5. The van der Waals surface area contributed by atoms with Gasteiger partial charge in [0.2, 0.25) is 11.9 Å². The minimum Gasteiger partial charge on any atom is -0.352 e. The summed E-state index contributed by atoms with van der Waals surface area (Å²) in [6, 6.07) is 16.1. The van der Waals surface area contributed by atoms with Crippen molar-refractivity contribution in [2.24, 2.45) is 5.92 Å². The van der Waals surface area contributed by atoms with Crippen molar-refractivity contribution >= 4 is 33.4 Å². The van der Waals surface area contributed by atoms with Crippen molar-refractivity contribution in [3.63, 3.8) is 0 Å². The monoisotopic (exact) mass is 486 g/mol. The third kappa shape index (κ3) is 4.73. The van der Waals surface area contributed by atoms with Crippen LogP contribution in [0.1, 0.15) is 35.1 Å². The molecule has 0 bridgehead atoms. The number of piperidine rings is 1. The molecule has 7 heteroatoms. The minimum atomic E-state index is -0.156. The molecule has 2 aromatic carbocycles. The van der Waals surface area contributed by atoms with Crippen molar-refractivity contribution in [2.75, 3.05) is 18.0 Å². The van der Waals surface area contributed by atoms with E-state index < -0.39 is 0 Å². The zero-order valence-electron chi connectivity index (χ0n) is 20.4. The molecule has 2 aromatic heterocycles. The van der Waals surface area contributed by atoms with Crippen molar-refractivity contribution in [2.45, 2.75) is 40.2 Å². The molecular weight excluding hydrogens is 456 g/mol. The number of hydrogen-bond donors (Lipinski definition) is 1. The van der Waals surface area contributed by atoms with Crippen LogP contribution in [-0.4, -0.2) is 28.5 Å². The first-order valence-corrected chi connectivity index (χ1v) is 12.9. The highest BCUT2D eigenvalue weighted by Crippen LogP contribution is 2.27. The Balaban J connectivity index is 1.42. The summed E-state index contributed by atoms with van der Waals surface area (Å²) in [6.45, 7) is 8.00. The molecule has 1 fully saturated rings.